The highest BCUT2D eigenvalue weighted by molar-refractivity contribution is 6.32. The van der Waals surface area contributed by atoms with Gasteiger partial charge in [-0.05, 0) is 44.2 Å². The second-order valence-corrected chi connectivity index (χ2v) is 7.26. The van der Waals surface area contributed by atoms with Crippen LogP contribution in [0.15, 0.2) is 47.6 Å². The number of aryl methyl sites for hydroxylation is 1. The lowest BCUT2D eigenvalue weighted by molar-refractivity contribution is -0.384. The molecule has 0 aliphatic heterocycles. The first-order valence-electron chi connectivity index (χ1n) is 9.45. The smallest absolute Gasteiger partial charge is 0.289 e. The first-order valence-corrected chi connectivity index (χ1v) is 9.82. The van der Waals surface area contributed by atoms with Gasteiger partial charge in [0.2, 0.25) is 0 Å². The van der Waals surface area contributed by atoms with Gasteiger partial charge in [0.1, 0.15) is 16.5 Å². The van der Waals surface area contributed by atoms with Gasteiger partial charge >= 0.3 is 0 Å². The standard InChI is InChI=1S/C22H21ClN4O5/c1-13-7-16(14(2)26(13)17-5-6-20(23)21(10-17)27(29)30)12-24-25-22(28)15-8-18(31-3)11-19(9-15)32-4/h5-12H,1-4H3,(H,25,28)/b24-12-. The van der Waals surface area contributed by atoms with Crippen LogP contribution >= 0.6 is 11.6 Å². The molecule has 0 bridgehead atoms. The predicted molar refractivity (Wildman–Crippen MR) is 122 cm³/mol. The molecule has 0 radical (unpaired) electrons. The highest BCUT2D eigenvalue weighted by Crippen LogP contribution is 2.29. The molecule has 1 N–H and O–H groups in total. The fourth-order valence-electron chi connectivity index (χ4n) is 3.26. The zero-order chi connectivity index (χ0) is 23.4. The van der Waals surface area contributed by atoms with Crippen molar-refractivity contribution in [2.24, 2.45) is 5.10 Å². The Morgan fingerprint density at radius 3 is 2.38 bits per heavy atom. The Morgan fingerprint density at radius 2 is 1.78 bits per heavy atom. The second-order valence-electron chi connectivity index (χ2n) is 6.86. The minimum absolute atomic E-state index is 0.0693. The summed E-state index contributed by atoms with van der Waals surface area (Å²) in [7, 11) is 3.00. The summed E-state index contributed by atoms with van der Waals surface area (Å²) in [4.78, 5) is 23.2. The molecule has 0 fully saturated rings. The third-order valence-corrected chi connectivity index (χ3v) is 5.16. The number of nitrogens with one attached hydrogen (secondary N) is 1. The van der Waals surface area contributed by atoms with Crippen molar-refractivity contribution in [1.29, 1.82) is 0 Å². The van der Waals surface area contributed by atoms with E-state index in [2.05, 4.69) is 10.5 Å². The van der Waals surface area contributed by atoms with Gasteiger partial charge in [0.15, 0.2) is 0 Å². The van der Waals surface area contributed by atoms with Crippen LogP contribution in [-0.2, 0) is 0 Å². The van der Waals surface area contributed by atoms with Gasteiger partial charge in [-0.25, -0.2) is 5.43 Å². The van der Waals surface area contributed by atoms with Crippen LogP contribution in [0.5, 0.6) is 11.5 Å². The number of rotatable bonds is 7. The summed E-state index contributed by atoms with van der Waals surface area (Å²) in [5.74, 6) is 0.541. The maximum atomic E-state index is 12.5. The molecule has 0 aliphatic rings. The molecule has 3 rings (SSSR count). The van der Waals surface area contributed by atoms with Crippen LogP contribution in [-0.4, -0.2) is 35.8 Å². The molecular weight excluding hydrogens is 436 g/mol. The Balaban J connectivity index is 1.83. The molecular formula is C22H21ClN4O5. The monoisotopic (exact) mass is 456 g/mol. The Hall–Kier alpha value is -3.85. The molecule has 0 atom stereocenters. The molecule has 0 saturated heterocycles. The lowest BCUT2D eigenvalue weighted by atomic mass is 10.2. The van der Waals surface area contributed by atoms with Crippen molar-refractivity contribution in [3.63, 3.8) is 0 Å². The first-order chi connectivity index (χ1) is 15.2. The van der Waals surface area contributed by atoms with E-state index < -0.39 is 10.8 Å². The summed E-state index contributed by atoms with van der Waals surface area (Å²) in [6.45, 7) is 3.72. The molecule has 0 saturated carbocycles. The number of carbonyl (C=O) groups is 1. The van der Waals surface area contributed by atoms with Crippen molar-refractivity contribution in [2.45, 2.75) is 13.8 Å². The van der Waals surface area contributed by atoms with Crippen molar-refractivity contribution >= 4 is 29.4 Å². The number of nitro benzene ring substituents is 1. The number of amides is 1. The highest BCUT2D eigenvalue weighted by atomic mass is 35.5. The largest absolute Gasteiger partial charge is 0.497 e. The van der Waals surface area contributed by atoms with Crippen LogP contribution < -0.4 is 14.9 Å². The highest BCUT2D eigenvalue weighted by Gasteiger charge is 2.16. The number of hydrogen-bond acceptors (Lipinski definition) is 6. The van der Waals surface area contributed by atoms with E-state index >= 15 is 0 Å². The van der Waals surface area contributed by atoms with Gasteiger partial charge in [0.25, 0.3) is 11.6 Å². The summed E-state index contributed by atoms with van der Waals surface area (Å²) in [6.07, 6.45) is 1.51. The van der Waals surface area contributed by atoms with Gasteiger partial charge in [-0.2, -0.15) is 5.10 Å². The van der Waals surface area contributed by atoms with Gasteiger partial charge in [-0.1, -0.05) is 11.6 Å². The number of hydrogen-bond donors (Lipinski definition) is 1. The third kappa shape index (κ3) is 4.73. The van der Waals surface area contributed by atoms with E-state index in [9.17, 15) is 14.9 Å². The normalized spacial score (nSPS) is 10.9. The Morgan fingerprint density at radius 1 is 1.12 bits per heavy atom. The Kier molecular flexibility index (Phi) is 6.79. The number of benzene rings is 2. The van der Waals surface area contributed by atoms with E-state index in [1.807, 2.05) is 24.5 Å². The number of nitrogens with zero attached hydrogens (tertiary/aromatic N) is 3. The summed E-state index contributed by atoms with van der Waals surface area (Å²) >= 11 is 5.92. The minimum Gasteiger partial charge on any atom is -0.497 e. The first kappa shape index (κ1) is 22.8. The third-order valence-electron chi connectivity index (χ3n) is 4.84. The van der Waals surface area contributed by atoms with Gasteiger partial charge in [-0.3, -0.25) is 14.9 Å². The quantitative estimate of drug-likeness (QED) is 0.321. The SMILES string of the molecule is COc1cc(OC)cc(C(=O)N/N=C\c2cc(C)n(-c3ccc(Cl)c([N+](=O)[O-])c3)c2C)c1. The molecule has 166 valence electrons. The van der Waals surface area contributed by atoms with Crippen LogP contribution in [0.25, 0.3) is 5.69 Å². The van der Waals surface area contributed by atoms with Crippen LogP contribution in [0.4, 0.5) is 5.69 Å². The molecule has 1 amide bonds. The summed E-state index contributed by atoms with van der Waals surface area (Å²) in [5, 5.41) is 15.3. The van der Waals surface area contributed by atoms with Crippen molar-refractivity contribution in [2.75, 3.05) is 14.2 Å². The van der Waals surface area contributed by atoms with E-state index in [1.165, 1.54) is 32.6 Å². The predicted octanol–water partition coefficient (Wildman–Crippen LogP) is 4.44. The van der Waals surface area contributed by atoms with Crippen molar-refractivity contribution in [3.8, 4) is 17.2 Å². The molecule has 32 heavy (non-hydrogen) atoms. The zero-order valence-electron chi connectivity index (χ0n) is 17.9. The Bertz CT molecular complexity index is 1200. The number of hydrazone groups is 1. The van der Waals surface area contributed by atoms with Crippen molar-refractivity contribution in [3.05, 3.63) is 80.1 Å². The molecule has 0 aliphatic carbocycles. The Labute approximate surface area is 189 Å². The fraction of sp³-hybridized carbons (Fsp3) is 0.182. The maximum absolute atomic E-state index is 12.5. The van der Waals surface area contributed by atoms with E-state index in [-0.39, 0.29) is 10.7 Å². The number of aromatic nitrogens is 1. The lowest BCUT2D eigenvalue weighted by Gasteiger charge is -2.10. The number of nitro groups is 1. The van der Waals surface area contributed by atoms with Gasteiger partial charge in [0.05, 0.1) is 31.0 Å². The summed E-state index contributed by atoms with van der Waals surface area (Å²) in [6, 6.07) is 11.3. The molecule has 0 spiro atoms. The lowest BCUT2D eigenvalue weighted by Crippen LogP contribution is -2.17. The fourth-order valence-corrected chi connectivity index (χ4v) is 3.45. The second kappa shape index (κ2) is 9.52. The number of methoxy groups -OCH3 is 2. The number of halogens is 1. The summed E-state index contributed by atoms with van der Waals surface area (Å²) in [5.41, 5.74) is 5.61. The van der Waals surface area contributed by atoms with Gasteiger partial charge in [-0.15, -0.1) is 0 Å². The van der Waals surface area contributed by atoms with Crippen LogP contribution in [0.2, 0.25) is 5.02 Å². The average molecular weight is 457 g/mol. The molecule has 2 aromatic carbocycles. The number of carbonyl (C=O) groups excluding carboxylic acids is 1. The van der Waals surface area contributed by atoms with E-state index in [0.29, 0.717) is 22.7 Å². The van der Waals surface area contributed by atoms with Gasteiger partial charge in [0, 0.05) is 34.6 Å². The topological polar surface area (TPSA) is 108 Å². The molecule has 1 heterocycles. The average Bonchev–Trinajstić information content (AvgIpc) is 3.06. The molecule has 10 heteroatoms. The van der Waals surface area contributed by atoms with Crippen molar-refractivity contribution in [1.82, 2.24) is 9.99 Å². The zero-order valence-corrected chi connectivity index (χ0v) is 18.6. The molecule has 0 unspecified atom stereocenters. The van der Waals surface area contributed by atoms with Gasteiger partial charge < -0.3 is 14.0 Å². The van der Waals surface area contributed by atoms with E-state index in [4.69, 9.17) is 21.1 Å². The van der Waals surface area contributed by atoms with Crippen LogP contribution in [0.3, 0.4) is 0 Å². The molecule has 3 aromatic rings. The minimum atomic E-state index is -0.522. The molecule has 1 aromatic heterocycles. The van der Waals surface area contributed by atoms with E-state index in [0.717, 1.165) is 17.0 Å². The number of ether oxygens (including phenoxy) is 2. The van der Waals surface area contributed by atoms with Crippen LogP contribution in [0.1, 0.15) is 27.3 Å². The molecule has 9 nitrogen and oxygen atoms in total. The van der Waals surface area contributed by atoms with Crippen molar-refractivity contribution < 1.29 is 19.2 Å². The van der Waals surface area contributed by atoms with E-state index in [1.54, 1.807) is 24.3 Å². The maximum Gasteiger partial charge on any atom is 0.289 e. The summed E-state index contributed by atoms with van der Waals surface area (Å²) < 4.78 is 12.2. The van der Waals surface area contributed by atoms with Crippen LogP contribution in [0, 0.1) is 24.0 Å².